The first-order valence-electron chi connectivity index (χ1n) is 8.57. The highest BCUT2D eigenvalue weighted by molar-refractivity contribution is 5.95. The van der Waals surface area contributed by atoms with Crippen molar-refractivity contribution in [2.24, 2.45) is 10.2 Å². The van der Waals surface area contributed by atoms with E-state index in [9.17, 15) is 9.90 Å². The van der Waals surface area contributed by atoms with E-state index in [2.05, 4.69) is 16.8 Å². The average Bonchev–Trinajstić information content (AvgIpc) is 2.91. The Morgan fingerprint density at radius 1 is 1.26 bits per heavy atom. The zero-order chi connectivity index (χ0) is 19.4. The fraction of sp³-hybridized carbons (Fsp3) is 0.190. The smallest absolute Gasteiger partial charge is 0.302 e. The number of aromatic hydroxyl groups is 1. The van der Waals surface area contributed by atoms with Crippen LogP contribution in [0.3, 0.4) is 0 Å². The molecule has 0 saturated heterocycles. The number of aryl methyl sites for hydroxylation is 2. The van der Waals surface area contributed by atoms with Gasteiger partial charge in [0.15, 0.2) is 12.3 Å². The summed E-state index contributed by atoms with van der Waals surface area (Å²) in [6, 6.07) is 13.1. The number of aromatic nitrogens is 1. The summed E-state index contributed by atoms with van der Waals surface area (Å²) < 4.78 is 7.18. The van der Waals surface area contributed by atoms with Crippen LogP contribution < -0.4 is 4.74 Å². The summed E-state index contributed by atoms with van der Waals surface area (Å²) in [5, 5.41) is 18.8. The number of nitrogens with zero attached hydrogens (tertiary/aromatic N) is 3. The third-order valence-electron chi connectivity index (χ3n) is 4.17. The molecule has 1 aromatic heterocycles. The molecule has 2 aromatic carbocycles. The minimum absolute atomic E-state index is 0.0528. The SMILES string of the molecule is C=CCn1c(O)c(N=NC(=O)COc2ccc(C)cc2C)c2ccccc21. The van der Waals surface area contributed by atoms with Crippen molar-refractivity contribution < 1.29 is 14.6 Å². The Balaban J connectivity index is 1.78. The van der Waals surface area contributed by atoms with E-state index in [0.717, 1.165) is 16.6 Å². The van der Waals surface area contributed by atoms with Crippen LogP contribution in [0.5, 0.6) is 11.6 Å². The molecule has 0 saturated carbocycles. The van der Waals surface area contributed by atoms with Gasteiger partial charge in [0.2, 0.25) is 5.88 Å². The number of amides is 1. The predicted molar refractivity (Wildman–Crippen MR) is 105 cm³/mol. The molecule has 3 rings (SSSR count). The molecule has 1 heterocycles. The van der Waals surface area contributed by atoms with Gasteiger partial charge in [-0.05, 0) is 31.5 Å². The van der Waals surface area contributed by atoms with Crippen LogP contribution in [0.25, 0.3) is 10.9 Å². The molecule has 0 bridgehead atoms. The molecule has 3 aromatic rings. The summed E-state index contributed by atoms with van der Waals surface area (Å²) in [5.74, 6) is 0.0486. The van der Waals surface area contributed by atoms with Crippen molar-refractivity contribution in [1.29, 1.82) is 0 Å². The van der Waals surface area contributed by atoms with E-state index < -0.39 is 5.91 Å². The van der Waals surface area contributed by atoms with Gasteiger partial charge in [-0.1, -0.05) is 42.0 Å². The molecule has 1 amide bonds. The Labute approximate surface area is 157 Å². The summed E-state index contributed by atoms with van der Waals surface area (Å²) in [5.41, 5.74) is 3.12. The molecule has 27 heavy (non-hydrogen) atoms. The number of ether oxygens (including phenoxy) is 1. The van der Waals surface area contributed by atoms with Crippen LogP contribution in [0.2, 0.25) is 0 Å². The predicted octanol–water partition coefficient (Wildman–Crippen LogP) is 4.84. The molecule has 0 radical (unpaired) electrons. The Bertz CT molecular complexity index is 1030. The fourth-order valence-corrected chi connectivity index (χ4v) is 2.92. The maximum atomic E-state index is 12.1. The zero-order valence-corrected chi connectivity index (χ0v) is 15.3. The number of para-hydroxylation sites is 1. The molecule has 0 aliphatic carbocycles. The van der Waals surface area contributed by atoms with Crippen molar-refractivity contribution in [2.75, 3.05) is 6.61 Å². The Hall–Kier alpha value is -3.41. The Morgan fingerprint density at radius 3 is 2.78 bits per heavy atom. The minimum atomic E-state index is -0.532. The molecular weight excluding hydrogens is 342 g/mol. The van der Waals surface area contributed by atoms with Gasteiger partial charge >= 0.3 is 5.91 Å². The molecule has 0 atom stereocenters. The van der Waals surface area contributed by atoms with Crippen molar-refractivity contribution in [3.63, 3.8) is 0 Å². The van der Waals surface area contributed by atoms with Gasteiger partial charge < -0.3 is 14.4 Å². The van der Waals surface area contributed by atoms with Gasteiger partial charge in [-0.2, -0.15) is 0 Å². The van der Waals surface area contributed by atoms with Gasteiger partial charge in [0.25, 0.3) is 0 Å². The molecule has 0 aliphatic heterocycles. The van der Waals surface area contributed by atoms with E-state index in [1.54, 1.807) is 10.6 Å². The van der Waals surface area contributed by atoms with Crippen molar-refractivity contribution in [3.05, 3.63) is 66.2 Å². The first-order chi connectivity index (χ1) is 13.0. The van der Waals surface area contributed by atoms with Crippen molar-refractivity contribution in [3.8, 4) is 11.6 Å². The van der Waals surface area contributed by atoms with Crippen LogP contribution >= 0.6 is 0 Å². The number of hydrogen-bond acceptors (Lipinski definition) is 4. The third kappa shape index (κ3) is 3.89. The molecule has 0 unspecified atom stereocenters. The largest absolute Gasteiger partial charge is 0.493 e. The second-order valence-corrected chi connectivity index (χ2v) is 6.24. The van der Waals surface area contributed by atoms with Gasteiger partial charge in [-0.25, -0.2) is 0 Å². The van der Waals surface area contributed by atoms with Crippen molar-refractivity contribution >= 4 is 22.5 Å². The highest BCUT2D eigenvalue weighted by atomic mass is 16.5. The van der Waals surface area contributed by atoms with E-state index in [4.69, 9.17) is 4.74 Å². The topological polar surface area (TPSA) is 76.2 Å². The third-order valence-corrected chi connectivity index (χ3v) is 4.17. The maximum absolute atomic E-state index is 12.1. The molecule has 138 valence electrons. The zero-order valence-electron chi connectivity index (χ0n) is 15.3. The Morgan fingerprint density at radius 2 is 2.04 bits per heavy atom. The number of fused-ring (bicyclic) bond motifs is 1. The molecule has 1 N–H and O–H groups in total. The lowest BCUT2D eigenvalue weighted by atomic mass is 10.1. The van der Waals surface area contributed by atoms with Crippen LogP contribution in [-0.4, -0.2) is 22.2 Å². The molecule has 0 spiro atoms. The number of hydrogen-bond donors (Lipinski definition) is 1. The van der Waals surface area contributed by atoms with Crippen molar-refractivity contribution in [2.45, 2.75) is 20.4 Å². The lowest BCUT2D eigenvalue weighted by Crippen LogP contribution is -2.08. The van der Waals surface area contributed by atoms with E-state index in [1.807, 2.05) is 56.3 Å². The maximum Gasteiger partial charge on any atom is 0.302 e. The van der Waals surface area contributed by atoms with Crippen LogP contribution in [0.4, 0.5) is 5.69 Å². The van der Waals surface area contributed by atoms with E-state index >= 15 is 0 Å². The van der Waals surface area contributed by atoms with Crippen LogP contribution in [-0.2, 0) is 11.3 Å². The lowest BCUT2D eigenvalue weighted by Gasteiger charge is -2.07. The van der Waals surface area contributed by atoms with E-state index in [0.29, 0.717) is 17.7 Å². The van der Waals surface area contributed by atoms with Gasteiger partial charge in [-0.3, -0.25) is 4.79 Å². The second kappa shape index (κ2) is 7.86. The Kier molecular flexibility index (Phi) is 5.35. The first-order valence-corrected chi connectivity index (χ1v) is 8.57. The first kappa shape index (κ1) is 18.4. The fourth-order valence-electron chi connectivity index (χ4n) is 2.92. The van der Waals surface area contributed by atoms with E-state index in [1.165, 1.54) is 0 Å². The van der Waals surface area contributed by atoms with Gasteiger partial charge in [0, 0.05) is 11.9 Å². The van der Waals surface area contributed by atoms with Gasteiger partial charge in [0.1, 0.15) is 5.75 Å². The molecular formula is C21H21N3O3. The number of allylic oxidation sites excluding steroid dienone is 1. The summed E-state index contributed by atoms with van der Waals surface area (Å²) in [4.78, 5) is 12.1. The highest BCUT2D eigenvalue weighted by Crippen LogP contribution is 2.38. The lowest BCUT2D eigenvalue weighted by molar-refractivity contribution is -0.120. The monoisotopic (exact) mass is 363 g/mol. The average molecular weight is 363 g/mol. The molecule has 6 heteroatoms. The number of azo groups is 1. The van der Waals surface area contributed by atoms with Gasteiger partial charge in [-0.15, -0.1) is 16.8 Å². The second-order valence-electron chi connectivity index (χ2n) is 6.24. The van der Waals surface area contributed by atoms with E-state index in [-0.39, 0.29) is 18.2 Å². The molecule has 0 fully saturated rings. The van der Waals surface area contributed by atoms with Crippen LogP contribution in [0, 0.1) is 13.8 Å². The summed E-state index contributed by atoms with van der Waals surface area (Å²) in [7, 11) is 0. The number of carbonyl (C=O) groups is 1. The number of rotatable bonds is 6. The highest BCUT2D eigenvalue weighted by Gasteiger charge is 2.16. The standard InChI is InChI=1S/C21H21N3O3/c1-4-11-24-17-8-6-5-7-16(17)20(21(24)26)23-22-19(25)13-27-18-10-9-14(2)12-15(18)3/h4-10,12,26H,1,11,13H2,2-3H3. The summed E-state index contributed by atoms with van der Waals surface area (Å²) in [6.45, 7) is 7.80. The quantitative estimate of drug-likeness (QED) is 0.503. The minimum Gasteiger partial charge on any atom is -0.493 e. The van der Waals surface area contributed by atoms with Crippen LogP contribution in [0.1, 0.15) is 11.1 Å². The molecule has 6 nitrogen and oxygen atoms in total. The van der Waals surface area contributed by atoms with Crippen LogP contribution in [0.15, 0.2) is 65.3 Å². The number of carbonyl (C=O) groups excluding carboxylic acids is 1. The summed E-state index contributed by atoms with van der Waals surface area (Å²) >= 11 is 0. The summed E-state index contributed by atoms with van der Waals surface area (Å²) in [6.07, 6.45) is 1.68. The molecule has 0 aliphatic rings. The number of benzene rings is 2. The van der Waals surface area contributed by atoms with Gasteiger partial charge in [0.05, 0.1) is 5.52 Å². The van der Waals surface area contributed by atoms with Crippen molar-refractivity contribution in [1.82, 2.24) is 4.57 Å². The normalized spacial score (nSPS) is 11.2.